The third-order valence-corrected chi connectivity index (χ3v) is 12.8. The van der Waals surface area contributed by atoms with Crippen molar-refractivity contribution in [2.75, 3.05) is 0 Å². The highest BCUT2D eigenvalue weighted by molar-refractivity contribution is 6.06. The average molecular weight is 793 g/mol. The van der Waals surface area contributed by atoms with E-state index in [-0.39, 0.29) is 5.41 Å². The van der Waals surface area contributed by atoms with Gasteiger partial charge < -0.3 is 4.42 Å². The normalized spacial score (nSPS) is 12.8. The van der Waals surface area contributed by atoms with Crippen LogP contribution in [0.25, 0.3) is 111 Å². The van der Waals surface area contributed by atoms with Gasteiger partial charge in [0.25, 0.3) is 0 Å². The van der Waals surface area contributed by atoms with Crippen molar-refractivity contribution in [2.24, 2.45) is 0 Å². The minimum atomic E-state index is -0.0850. The number of nitrogens with zero attached hydrogens (tertiary/aromatic N) is 2. The van der Waals surface area contributed by atoms with Crippen molar-refractivity contribution in [1.82, 2.24) is 9.97 Å². The highest BCUT2D eigenvalue weighted by Crippen LogP contribution is 2.51. The molecule has 292 valence electrons. The summed E-state index contributed by atoms with van der Waals surface area (Å²) in [7, 11) is 0. The predicted octanol–water partition coefficient (Wildman–Crippen LogP) is 15.8. The summed E-state index contributed by atoms with van der Waals surface area (Å²) in [4.78, 5) is 10.6. The van der Waals surface area contributed by atoms with Crippen LogP contribution in [0, 0.1) is 0 Å². The molecular formula is C59H40N2O. The van der Waals surface area contributed by atoms with Crippen molar-refractivity contribution >= 4 is 32.7 Å². The van der Waals surface area contributed by atoms with Gasteiger partial charge in [-0.1, -0.05) is 153 Å². The molecule has 12 rings (SSSR count). The quantitative estimate of drug-likeness (QED) is 0.168. The molecule has 0 atom stereocenters. The highest BCUT2D eigenvalue weighted by Gasteiger charge is 2.35. The Bertz CT molecular complexity index is 3540. The van der Waals surface area contributed by atoms with E-state index in [1.165, 1.54) is 38.6 Å². The molecular weight excluding hydrogens is 753 g/mol. The van der Waals surface area contributed by atoms with E-state index in [9.17, 15) is 0 Å². The van der Waals surface area contributed by atoms with Crippen molar-refractivity contribution in [3.05, 3.63) is 217 Å². The third kappa shape index (κ3) is 6.04. The van der Waals surface area contributed by atoms with E-state index in [2.05, 4.69) is 190 Å². The van der Waals surface area contributed by atoms with Crippen molar-refractivity contribution in [2.45, 2.75) is 19.3 Å². The number of hydrogen-bond donors (Lipinski definition) is 0. The lowest BCUT2D eigenvalue weighted by molar-refractivity contribution is 0.661. The summed E-state index contributed by atoms with van der Waals surface area (Å²) in [5.74, 6) is 0.685. The van der Waals surface area contributed by atoms with E-state index in [1.54, 1.807) is 0 Å². The molecule has 0 N–H and O–H groups in total. The van der Waals surface area contributed by atoms with Crippen LogP contribution < -0.4 is 0 Å². The first-order valence-corrected chi connectivity index (χ1v) is 21.3. The molecule has 0 radical (unpaired) electrons. The maximum atomic E-state index is 6.22. The van der Waals surface area contributed by atoms with Crippen molar-refractivity contribution in [3.8, 4) is 78.4 Å². The maximum absolute atomic E-state index is 6.22. The summed E-state index contributed by atoms with van der Waals surface area (Å²) in [5, 5.41) is 4.77. The van der Waals surface area contributed by atoms with Crippen LogP contribution in [-0.4, -0.2) is 9.97 Å². The Morgan fingerprint density at radius 1 is 0.339 bits per heavy atom. The Morgan fingerprint density at radius 2 is 0.887 bits per heavy atom. The fourth-order valence-corrected chi connectivity index (χ4v) is 9.58. The molecule has 0 saturated carbocycles. The summed E-state index contributed by atoms with van der Waals surface area (Å²) >= 11 is 0. The zero-order valence-electron chi connectivity index (χ0n) is 34.4. The zero-order chi connectivity index (χ0) is 41.4. The molecule has 2 heterocycles. The monoisotopic (exact) mass is 792 g/mol. The van der Waals surface area contributed by atoms with Crippen molar-refractivity contribution in [1.29, 1.82) is 0 Å². The van der Waals surface area contributed by atoms with Crippen LogP contribution in [0.15, 0.2) is 211 Å². The Morgan fingerprint density at radius 3 is 1.69 bits per heavy atom. The summed E-state index contributed by atoms with van der Waals surface area (Å²) in [6.45, 7) is 4.70. The van der Waals surface area contributed by atoms with Crippen molar-refractivity contribution in [3.63, 3.8) is 0 Å². The number of rotatable bonds is 6. The van der Waals surface area contributed by atoms with Crippen LogP contribution in [0.2, 0.25) is 0 Å². The molecule has 0 saturated heterocycles. The van der Waals surface area contributed by atoms with Crippen LogP contribution in [-0.2, 0) is 5.41 Å². The molecule has 0 amide bonds. The van der Waals surface area contributed by atoms with Gasteiger partial charge in [0.2, 0.25) is 0 Å². The van der Waals surface area contributed by atoms with Crippen LogP contribution in [0.5, 0.6) is 0 Å². The number of benzene rings is 9. The van der Waals surface area contributed by atoms with E-state index in [1.807, 2.05) is 30.3 Å². The fraction of sp³-hybridized carbons (Fsp3) is 0.0508. The topological polar surface area (TPSA) is 38.9 Å². The van der Waals surface area contributed by atoms with Crippen molar-refractivity contribution < 1.29 is 4.42 Å². The second-order valence-corrected chi connectivity index (χ2v) is 17.0. The van der Waals surface area contributed by atoms with Gasteiger partial charge in [0.15, 0.2) is 5.82 Å². The molecule has 0 unspecified atom stereocenters. The van der Waals surface area contributed by atoms with Crippen LogP contribution in [0.3, 0.4) is 0 Å². The molecule has 3 nitrogen and oxygen atoms in total. The van der Waals surface area contributed by atoms with Gasteiger partial charge >= 0.3 is 0 Å². The summed E-state index contributed by atoms with van der Waals surface area (Å²) in [5.41, 5.74) is 18.6. The number of para-hydroxylation sites is 1. The number of furan rings is 1. The van der Waals surface area contributed by atoms with Gasteiger partial charge in [0.1, 0.15) is 11.2 Å². The van der Waals surface area contributed by atoms with Gasteiger partial charge in [-0.05, 0) is 133 Å². The molecule has 1 aliphatic rings. The number of hydrogen-bond acceptors (Lipinski definition) is 3. The molecule has 9 aromatic carbocycles. The van der Waals surface area contributed by atoms with Gasteiger partial charge in [-0.25, -0.2) is 9.97 Å². The van der Waals surface area contributed by atoms with E-state index in [4.69, 9.17) is 14.4 Å². The molecule has 2 aromatic heterocycles. The SMILES string of the molecule is CC1(C)c2ccc(-c3cccc(-c4cc(-c5cc(-c6ccccc6)cc(-c6ccc7oc8ccccc8c7c6)c5)nc(-c5ccccc5)n4)c3)cc2-c2cc3ccccc3cc21. The maximum Gasteiger partial charge on any atom is 0.160 e. The summed E-state index contributed by atoms with van der Waals surface area (Å²) in [6.07, 6.45) is 0. The first kappa shape index (κ1) is 36.0. The Labute approximate surface area is 360 Å². The van der Waals surface area contributed by atoms with Gasteiger partial charge in [-0.3, -0.25) is 0 Å². The van der Waals surface area contributed by atoms with Gasteiger partial charge in [0.05, 0.1) is 11.4 Å². The minimum Gasteiger partial charge on any atom is -0.456 e. The van der Waals surface area contributed by atoms with E-state index >= 15 is 0 Å². The molecule has 0 fully saturated rings. The molecule has 11 aromatic rings. The molecule has 0 aliphatic heterocycles. The number of fused-ring (bicyclic) bond motifs is 7. The third-order valence-electron chi connectivity index (χ3n) is 12.8. The number of aromatic nitrogens is 2. The Kier molecular flexibility index (Phi) is 8.20. The van der Waals surface area contributed by atoms with Gasteiger partial charge in [0, 0.05) is 32.9 Å². The van der Waals surface area contributed by atoms with E-state index in [0.29, 0.717) is 5.82 Å². The van der Waals surface area contributed by atoms with Gasteiger partial charge in [-0.15, -0.1) is 0 Å². The highest BCUT2D eigenvalue weighted by atomic mass is 16.3. The molecule has 0 spiro atoms. The predicted molar refractivity (Wildman–Crippen MR) is 257 cm³/mol. The van der Waals surface area contributed by atoms with E-state index < -0.39 is 0 Å². The second-order valence-electron chi connectivity index (χ2n) is 17.0. The van der Waals surface area contributed by atoms with Crippen LogP contribution in [0.1, 0.15) is 25.0 Å². The first-order chi connectivity index (χ1) is 30.4. The average Bonchev–Trinajstić information content (AvgIpc) is 3.81. The molecule has 3 heteroatoms. The zero-order valence-corrected chi connectivity index (χ0v) is 34.4. The second kappa shape index (κ2) is 14.1. The Balaban J connectivity index is 1.00. The van der Waals surface area contributed by atoms with Gasteiger partial charge in [-0.2, -0.15) is 0 Å². The summed E-state index contributed by atoms with van der Waals surface area (Å²) in [6, 6.07) is 73.9. The van der Waals surface area contributed by atoms with E-state index in [0.717, 1.165) is 77.8 Å². The molecule has 62 heavy (non-hydrogen) atoms. The standard InChI is InChI=1S/C59H40N2O/c1-59(2)52-26-24-42(33-49(52)50-32-40-18-9-10-19-41(40)35-53(50)59)39-20-13-21-44(28-39)54-36-55(61-58(60-54)38-16-7-4-8-17-38)47-30-45(37-14-5-3-6-15-37)29-46(31-47)43-25-27-57-51(34-43)48-22-11-12-23-56(48)62-57/h3-36H,1-2H3. The molecule has 1 aliphatic carbocycles. The fourth-order valence-electron chi connectivity index (χ4n) is 9.58. The lowest BCUT2D eigenvalue weighted by atomic mass is 9.81. The smallest absolute Gasteiger partial charge is 0.160 e. The molecule has 0 bridgehead atoms. The lowest BCUT2D eigenvalue weighted by Crippen LogP contribution is -2.14. The Hall–Kier alpha value is -7.88. The summed E-state index contributed by atoms with van der Waals surface area (Å²) < 4.78 is 6.22. The van der Waals surface area contributed by atoms with Crippen LogP contribution in [0.4, 0.5) is 0 Å². The largest absolute Gasteiger partial charge is 0.456 e. The van der Waals surface area contributed by atoms with Crippen LogP contribution >= 0.6 is 0 Å². The minimum absolute atomic E-state index is 0.0850. The first-order valence-electron chi connectivity index (χ1n) is 21.3. The lowest BCUT2D eigenvalue weighted by Gasteiger charge is -2.22.